The largest absolute Gasteiger partial charge is 0.375 e. The zero-order chi connectivity index (χ0) is 14.0. The summed E-state index contributed by atoms with van der Waals surface area (Å²) in [6.45, 7) is 22.7. The molecule has 0 aliphatic heterocycles. The van der Waals surface area contributed by atoms with Gasteiger partial charge in [-0.25, -0.2) is 0 Å². The molecular formula is C16H34O. The van der Waals surface area contributed by atoms with Crippen LogP contribution in [0.1, 0.15) is 69.2 Å². The van der Waals surface area contributed by atoms with Gasteiger partial charge in [-0.15, -0.1) is 0 Å². The first-order chi connectivity index (χ1) is 7.37. The Morgan fingerprint density at radius 1 is 0.588 bits per heavy atom. The fourth-order valence-electron chi connectivity index (χ4n) is 1.98. The van der Waals surface area contributed by atoms with Crippen LogP contribution in [0.5, 0.6) is 0 Å². The van der Waals surface area contributed by atoms with Crippen molar-refractivity contribution in [2.24, 2.45) is 22.7 Å². The molecule has 0 radical (unpaired) electrons. The summed E-state index contributed by atoms with van der Waals surface area (Å²) >= 11 is 0. The van der Waals surface area contributed by atoms with E-state index < -0.39 is 0 Å². The fourth-order valence-corrected chi connectivity index (χ4v) is 1.98. The smallest absolute Gasteiger partial charge is 0.0581 e. The molecule has 0 amide bonds. The molecule has 4 unspecified atom stereocenters. The van der Waals surface area contributed by atoms with Crippen molar-refractivity contribution in [1.82, 2.24) is 0 Å². The van der Waals surface area contributed by atoms with E-state index in [1.165, 1.54) is 0 Å². The molecule has 1 nitrogen and oxygen atoms in total. The monoisotopic (exact) mass is 242 g/mol. The van der Waals surface area contributed by atoms with Crippen LogP contribution >= 0.6 is 0 Å². The highest BCUT2D eigenvalue weighted by atomic mass is 16.5. The van der Waals surface area contributed by atoms with Gasteiger partial charge in [-0.05, 0) is 36.5 Å². The highest BCUT2D eigenvalue weighted by Crippen LogP contribution is 2.34. The number of rotatable bonds is 4. The lowest BCUT2D eigenvalue weighted by Crippen LogP contribution is -2.37. The predicted molar refractivity (Wildman–Crippen MR) is 77.2 cm³/mol. The van der Waals surface area contributed by atoms with E-state index in [1.54, 1.807) is 0 Å². The summed E-state index contributed by atoms with van der Waals surface area (Å²) in [6.07, 6.45) is 0.629. The Morgan fingerprint density at radius 2 is 0.824 bits per heavy atom. The van der Waals surface area contributed by atoms with E-state index in [9.17, 15) is 0 Å². The molecule has 1 heteroatoms. The van der Waals surface area contributed by atoms with Crippen molar-refractivity contribution in [2.45, 2.75) is 81.4 Å². The molecule has 0 saturated carbocycles. The summed E-state index contributed by atoms with van der Waals surface area (Å²) in [5, 5.41) is 0. The topological polar surface area (TPSA) is 9.23 Å². The maximum absolute atomic E-state index is 6.23. The summed E-state index contributed by atoms with van der Waals surface area (Å²) in [5.41, 5.74) is 0.619. The van der Waals surface area contributed by atoms with Crippen molar-refractivity contribution < 1.29 is 4.74 Å². The van der Waals surface area contributed by atoms with Crippen molar-refractivity contribution >= 4 is 0 Å². The Labute approximate surface area is 109 Å². The second-order valence-electron chi connectivity index (χ2n) is 7.86. The zero-order valence-electron chi connectivity index (χ0n) is 13.7. The van der Waals surface area contributed by atoms with Crippen LogP contribution in [0.25, 0.3) is 0 Å². The van der Waals surface area contributed by atoms with E-state index in [1.807, 2.05) is 0 Å². The van der Waals surface area contributed by atoms with E-state index in [-0.39, 0.29) is 0 Å². The average Bonchev–Trinajstić information content (AvgIpc) is 2.12. The van der Waals surface area contributed by atoms with Crippen molar-refractivity contribution in [3.05, 3.63) is 0 Å². The molecule has 0 heterocycles. The third-order valence-corrected chi connectivity index (χ3v) is 4.57. The first-order valence-corrected chi connectivity index (χ1v) is 7.02. The summed E-state index contributed by atoms with van der Waals surface area (Å²) in [7, 11) is 0. The third-order valence-electron chi connectivity index (χ3n) is 4.57. The molecule has 0 aromatic heterocycles. The fraction of sp³-hybridized carbons (Fsp3) is 1.00. The summed E-state index contributed by atoms with van der Waals surface area (Å²) in [6, 6.07) is 0. The van der Waals surface area contributed by atoms with Crippen LogP contribution in [0, 0.1) is 22.7 Å². The molecule has 0 aliphatic carbocycles. The molecule has 0 bridgehead atoms. The SMILES string of the molecule is CC(OC(C)C(C)C(C)(C)C)C(C)C(C)(C)C. The molecule has 4 atom stereocenters. The van der Waals surface area contributed by atoms with Crippen LogP contribution in [0.4, 0.5) is 0 Å². The molecule has 0 aromatic carbocycles. The predicted octanol–water partition coefficient (Wildman–Crippen LogP) is 5.14. The minimum atomic E-state index is 0.310. The van der Waals surface area contributed by atoms with E-state index in [0.29, 0.717) is 34.9 Å². The molecular weight excluding hydrogens is 208 g/mol. The van der Waals surface area contributed by atoms with Crippen LogP contribution in [-0.2, 0) is 4.74 Å². The molecule has 17 heavy (non-hydrogen) atoms. The van der Waals surface area contributed by atoms with Crippen LogP contribution in [-0.4, -0.2) is 12.2 Å². The van der Waals surface area contributed by atoms with Crippen molar-refractivity contribution in [2.75, 3.05) is 0 Å². The van der Waals surface area contributed by atoms with Gasteiger partial charge in [0.15, 0.2) is 0 Å². The Balaban J connectivity index is 4.45. The maximum Gasteiger partial charge on any atom is 0.0581 e. The molecule has 0 aliphatic rings. The van der Waals surface area contributed by atoms with Gasteiger partial charge in [-0.3, -0.25) is 0 Å². The van der Waals surface area contributed by atoms with Gasteiger partial charge in [0.1, 0.15) is 0 Å². The number of hydrogen-bond donors (Lipinski definition) is 0. The van der Waals surface area contributed by atoms with Crippen LogP contribution in [0.15, 0.2) is 0 Å². The third kappa shape index (κ3) is 5.42. The van der Waals surface area contributed by atoms with E-state index >= 15 is 0 Å². The van der Waals surface area contributed by atoms with Crippen molar-refractivity contribution in [1.29, 1.82) is 0 Å². The van der Waals surface area contributed by atoms with E-state index in [0.717, 1.165) is 0 Å². The molecule has 0 spiro atoms. The maximum atomic E-state index is 6.23. The summed E-state index contributed by atoms with van der Waals surface area (Å²) in [4.78, 5) is 0. The lowest BCUT2D eigenvalue weighted by molar-refractivity contribution is -0.0826. The highest BCUT2D eigenvalue weighted by Gasteiger charge is 2.31. The number of ether oxygens (including phenoxy) is 1. The highest BCUT2D eigenvalue weighted by molar-refractivity contribution is 4.79. The number of hydrogen-bond acceptors (Lipinski definition) is 1. The lowest BCUT2D eigenvalue weighted by atomic mass is 9.77. The summed E-state index contributed by atoms with van der Waals surface area (Å²) in [5.74, 6) is 1.13. The van der Waals surface area contributed by atoms with Gasteiger partial charge < -0.3 is 4.74 Å². The van der Waals surface area contributed by atoms with Gasteiger partial charge in [0.05, 0.1) is 12.2 Å². The molecule has 0 saturated heterocycles. The zero-order valence-corrected chi connectivity index (χ0v) is 13.7. The van der Waals surface area contributed by atoms with Crippen LogP contribution < -0.4 is 0 Å². The molecule has 104 valence electrons. The first kappa shape index (κ1) is 17.0. The molecule has 0 fully saturated rings. The average molecular weight is 242 g/mol. The first-order valence-electron chi connectivity index (χ1n) is 7.02. The lowest BCUT2D eigenvalue weighted by Gasteiger charge is -2.38. The quantitative estimate of drug-likeness (QED) is 0.663. The standard InChI is InChI=1S/C16H34O/c1-11(15(5,6)7)13(3)17-14(4)12(2)16(8,9)10/h11-14H,1-10H3. The molecule has 0 N–H and O–H groups in total. The van der Waals surface area contributed by atoms with Crippen molar-refractivity contribution in [3.8, 4) is 0 Å². The minimum Gasteiger partial charge on any atom is -0.375 e. The van der Waals surface area contributed by atoms with E-state index in [2.05, 4.69) is 69.2 Å². The molecule has 0 aromatic rings. The van der Waals surface area contributed by atoms with Gasteiger partial charge in [-0.2, -0.15) is 0 Å². The second-order valence-corrected chi connectivity index (χ2v) is 7.86. The van der Waals surface area contributed by atoms with Crippen LogP contribution in [0.2, 0.25) is 0 Å². The van der Waals surface area contributed by atoms with Gasteiger partial charge in [0.25, 0.3) is 0 Å². The van der Waals surface area contributed by atoms with Gasteiger partial charge >= 0.3 is 0 Å². The van der Waals surface area contributed by atoms with Gasteiger partial charge in [-0.1, -0.05) is 55.4 Å². The summed E-state index contributed by atoms with van der Waals surface area (Å²) < 4.78 is 6.23. The Bertz CT molecular complexity index is 195. The minimum absolute atomic E-state index is 0.310. The van der Waals surface area contributed by atoms with Gasteiger partial charge in [0, 0.05) is 0 Å². The Hall–Kier alpha value is -0.0400. The molecule has 0 rings (SSSR count). The van der Waals surface area contributed by atoms with E-state index in [4.69, 9.17) is 4.74 Å². The Morgan fingerprint density at radius 3 is 1.00 bits per heavy atom. The Kier molecular flexibility index (Phi) is 5.72. The second kappa shape index (κ2) is 5.73. The van der Waals surface area contributed by atoms with Crippen LogP contribution in [0.3, 0.4) is 0 Å². The van der Waals surface area contributed by atoms with Crippen molar-refractivity contribution in [3.63, 3.8) is 0 Å². The normalized spacial score (nSPS) is 20.8. The van der Waals surface area contributed by atoms with Gasteiger partial charge in [0.2, 0.25) is 0 Å².